The average molecular weight is 470 g/mol. The summed E-state index contributed by atoms with van der Waals surface area (Å²) in [6, 6.07) is 17.4. The number of nitrogens with one attached hydrogen (secondary N) is 1. The van der Waals surface area contributed by atoms with E-state index in [1.807, 2.05) is 26.0 Å². The molecule has 3 aromatic carbocycles. The summed E-state index contributed by atoms with van der Waals surface area (Å²) in [7, 11) is -4.54. The molecule has 0 aromatic heterocycles. The molecule has 3 aromatic rings. The predicted octanol–water partition coefficient (Wildman–Crippen LogP) is 7.29. The zero-order valence-corrected chi connectivity index (χ0v) is 21.2. The van der Waals surface area contributed by atoms with E-state index < -0.39 is 16.0 Å². The van der Waals surface area contributed by atoms with Crippen molar-refractivity contribution in [2.75, 3.05) is 5.32 Å². The number of amides is 1. The van der Waals surface area contributed by atoms with Crippen LogP contribution in [0.25, 0.3) is 10.8 Å². The van der Waals surface area contributed by atoms with Gasteiger partial charge in [-0.3, -0.25) is 9.35 Å². The van der Waals surface area contributed by atoms with E-state index in [1.165, 1.54) is 11.6 Å². The number of carbonyl (C=O) groups is 1. The van der Waals surface area contributed by atoms with Crippen LogP contribution >= 0.6 is 0 Å². The molecule has 0 aliphatic heterocycles. The molecule has 1 amide bonds. The van der Waals surface area contributed by atoms with Gasteiger partial charge in [0.1, 0.15) is 4.90 Å². The molecule has 0 aliphatic carbocycles. The topological polar surface area (TPSA) is 83.5 Å². The third-order valence-corrected chi connectivity index (χ3v) is 6.34. The summed E-state index contributed by atoms with van der Waals surface area (Å²) in [5.41, 5.74) is 1.86. The molecule has 33 heavy (non-hydrogen) atoms. The van der Waals surface area contributed by atoms with Gasteiger partial charge in [0.25, 0.3) is 16.0 Å². The highest BCUT2D eigenvalue weighted by Crippen LogP contribution is 2.34. The molecule has 0 saturated carbocycles. The van der Waals surface area contributed by atoms with Gasteiger partial charge < -0.3 is 5.32 Å². The van der Waals surface area contributed by atoms with Crippen molar-refractivity contribution in [1.82, 2.24) is 0 Å². The number of hydrogen-bond donors (Lipinski definition) is 2. The van der Waals surface area contributed by atoms with Crippen molar-refractivity contribution in [1.29, 1.82) is 0 Å². The van der Waals surface area contributed by atoms with E-state index >= 15 is 0 Å². The Labute approximate surface area is 198 Å². The van der Waals surface area contributed by atoms with E-state index in [0.717, 1.165) is 12.8 Å². The van der Waals surface area contributed by atoms with Gasteiger partial charge in [-0.2, -0.15) is 8.42 Å². The number of fused-ring (bicyclic) bond motifs is 1. The van der Waals surface area contributed by atoms with Gasteiger partial charge in [0.2, 0.25) is 0 Å². The van der Waals surface area contributed by atoms with E-state index in [0.29, 0.717) is 22.3 Å². The van der Waals surface area contributed by atoms with Crippen LogP contribution in [0.3, 0.4) is 0 Å². The Morgan fingerprint density at radius 1 is 0.970 bits per heavy atom. The predicted molar refractivity (Wildman–Crippen MR) is 137 cm³/mol. The second kappa shape index (κ2) is 10.9. The number of hydrogen-bond acceptors (Lipinski definition) is 3. The van der Waals surface area contributed by atoms with Crippen LogP contribution in [-0.4, -0.2) is 18.9 Å². The van der Waals surface area contributed by atoms with E-state index in [9.17, 15) is 17.8 Å². The van der Waals surface area contributed by atoms with Gasteiger partial charge in [-0.15, -0.1) is 0 Å². The Kier molecular flexibility index (Phi) is 8.81. The SMILES string of the molecule is CC.CCC(CC(C)(C)C)c1ccc(C(=O)Nc2ccc3ccccc3c2S(=O)(=O)O)cc1. The zero-order chi connectivity index (χ0) is 24.8. The van der Waals surface area contributed by atoms with E-state index in [2.05, 4.69) is 33.0 Å². The maximum absolute atomic E-state index is 12.8. The number of benzene rings is 3. The van der Waals surface area contributed by atoms with Crippen LogP contribution in [0.15, 0.2) is 65.6 Å². The van der Waals surface area contributed by atoms with Gasteiger partial charge in [0.05, 0.1) is 5.69 Å². The van der Waals surface area contributed by atoms with Gasteiger partial charge in [0, 0.05) is 10.9 Å². The molecule has 0 spiro atoms. The lowest BCUT2D eigenvalue weighted by molar-refractivity contribution is 0.102. The molecule has 2 N–H and O–H groups in total. The molecule has 0 fully saturated rings. The fourth-order valence-electron chi connectivity index (χ4n) is 3.96. The van der Waals surface area contributed by atoms with Crippen molar-refractivity contribution in [2.24, 2.45) is 5.41 Å². The van der Waals surface area contributed by atoms with Crippen LogP contribution in [0.5, 0.6) is 0 Å². The molecule has 0 heterocycles. The van der Waals surface area contributed by atoms with Gasteiger partial charge in [-0.1, -0.05) is 84.0 Å². The molecular formula is C27H35NO4S. The summed E-state index contributed by atoms with van der Waals surface area (Å²) in [5, 5.41) is 3.66. The van der Waals surface area contributed by atoms with Crippen LogP contribution in [0.2, 0.25) is 0 Å². The van der Waals surface area contributed by atoms with Crippen LogP contribution < -0.4 is 5.32 Å². The monoisotopic (exact) mass is 469 g/mol. The van der Waals surface area contributed by atoms with Crippen molar-refractivity contribution < 1.29 is 17.8 Å². The van der Waals surface area contributed by atoms with Crippen LogP contribution in [0.4, 0.5) is 5.69 Å². The molecule has 0 saturated heterocycles. The molecule has 1 unspecified atom stereocenters. The Morgan fingerprint density at radius 2 is 1.58 bits per heavy atom. The molecule has 0 radical (unpaired) electrons. The second-order valence-corrected chi connectivity index (χ2v) is 10.4. The smallest absolute Gasteiger partial charge is 0.297 e. The van der Waals surface area contributed by atoms with Crippen LogP contribution in [0.1, 0.15) is 76.2 Å². The van der Waals surface area contributed by atoms with Gasteiger partial charge in [-0.05, 0) is 53.3 Å². The first-order valence-electron chi connectivity index (χ1n) is 11.4. The Bertz CT molecular complexity index is 1190. The molecule has 178 valence electrons. The summed E-state index contributed by atoms with van der Waals surface area (Å²) in [6.07, 6.45) is 2.06. The molecule has 0 bridgehead atoms. The quantitative estimate of drug-likeness (QED) is 0.371. The Balaban J connectivity index is 0.00000187. The van der Waals surface area contributed by atoms with Gasteiger partial charge >= 0.3 is 0 Å². The lowest BCUT2D eigenvalue weighted by Crippen LogP contribution is -2.15. The molecular weight excluding hydrogens is 434 g/mol. The summed E-state index contributed by atoms with van der Waals surface area (Å²) in [6.45, 7) is 12.8. The molecule has 5 nitrogen and oxygen atoms in total. The number of rotatable bonds is 6. The summed E-state index contributed by atoms with van der Waals surface area (Å²) in [5.74, 6) is -0.0284. The first-order valence-corrected chi connectivity index (χ1v) is 12.8. The van der Waals surface area contributed by atoms with Crippen molar-refractivity contribution in [2.45, 2.75) is 65.2 Å². The van der Waals surface area contributed by atoms with E-state index in [4.69, 9.17) is 0 Å². The molecule has 0 aliphatic rings. The van der Waals surface area contributed by atoms with E-state index in [-0.39, 0.29) is 16.0 Å². The lowest BCUT2D eigenvalue weighted by Gasteiger charge is -2.25. The molecule has 6 heteroatoms. The number of anilines is 1. The summed E-state index contributed by atoms with van der Waals surface area (Å²) < 4.78 is 33.9. The minimum absolute atomic E-state index is 0.0504. The normalized spacial score (nSPS) is 12.6. The minimum atomic E-state index is -4.54. The summed E-state index contributed by atoms with van der Waals surface area (Å²) in [4.78, 5) is 12.5. The van der Waals surface area contributed by atoms with Crippen molar-refractivity contribution in [3.05, 3.63) is 71.8 Å². The van der Waals surface area contributed by atoms with Crippen molar-refractivity contribution in [3.8, 4) is 0 Å². The van der Waals surface area contributed by atoms with E-state index in [1.54, 1.807) is 42.5 Å². The highest BCUT2D eigenvalue weighted by atomic mass is 32.2. The fourth-order valence-corrected chi connectivity index (χ4v) is 4.82. The largest absolute Gasteiger partial charge is 0.321 e. The van der Waals surface area contributed by atoms with Crippen molar-refractivity contribution >= 4 is 32.5 Å². The zero-order valence-electron chi connectivity index (χ0n) is 20.3. The third kappa shape index (κ3) is 6.89. The van der Waals surface area contributed by atoms with Gasteiger partial charge in [-0.25, -0.2) is 0 Å². The highest BCUT2D eigenvalue weighted by Gasteiger charge is 2.22. The molecule has 1 atom stereocenters. The molecule has 3 rings (SSSR count). The van der Waals surface area contributed by atoms with Crippen LogP contribution in [-0.2, 0) is 10.1 Å². The maximum Gasteiger partial charge on any atom is 0.297 e. The third-order valence-electron chi connectivity index (χ3n) is 5.38. The van der Waals surface area contributed by atoms with Crippen molar-refractivity contribution in [3.63, 3.8) is 0 Å². The average Bonchev–Trinajstić information content (AvgIpc) is 2.77. The first kappa shape index (κ1) is 26.6. The first-order chi connectivity index (χ1) is 15.5. The minimum Gasteiger partial charge on any atom is -0.321 e. The van der Waals surface area contributed by atoms with Crippen LogP contribution in [0, 0.1) is 5.41 Å². The number of carbonyl (C=O) groups excluding carboxylic acids is 1. The summed E-state index contributed by atoms with van der Waals surface area (Å²) >= 11 is 0. The fraction of sp³-hybridized carbons (Fsp3) is 0.370. The lowest BCUT2D eigenvalue weighted by atomic mass is 9.80. The van der Waals surface area contributed by atoms with Gasteiger partial charge in [0.15, 0.2) is 0 Å². The second-order valence-electron chi connectivity index (χ2n) is 9.08. The highest BCUT2D eigenvalue weighted by molar-refractivity contribution is 7.86. The Hall–Kier alpha value is -2.70. The standard InChI is InChI=1S/C25H29NO4S.C2H6/c1-5-17(16-25(2,3)4)18-10-12-20(13-11-18)24(27)26-22-15-14-19-8-6-7-9-21(19)23(22)31(28,29)30;1-2/h6-15,17H,5,16H2,1-4H3,(H,26,27)(H,28,29,30);1-2H3. The maximum atomic E-state index is 12.8. The Morgan fingerprint density at radius 3 is 2.12 bits per heavy atom.